The zero-order chi connectivity index (χ0) is 18.7. The maximum Gasteiger partial charge on any atom is 0.150 e. The van der Waals surface area contributed by atoms with Crippen molar-refractivity contribution in [1.82, 2.24) is 0 Å². The third-order valence-corrected chi connectivity index (χ3v) is 9.54. The Labute approximate surface area is 157 Å². The number of fused-ring (bicyclic) bond motifs is 5. The number of carbonyl (C=O) groups is 1. The molecule has 0 aliphatic heterocycles. The van der Waals surface area contributed by atoms with E-state index in [0.29, 0.717) is 23.7 Å². The van der Waals surface area contributed by atoms with E-state index in [9.17, 15) is 15.0 Å². The largest absolute Gasteiger partial charge is 0.396 e. The van der Waals surface area contributed by atoms with Gasteiger partial charge < -0.3 is 15.9 Å². The molecule has 0 heterocycles. The fourth-order valence-corrected chi connectivity index (χ4v) is 8.21. The van der Waals surface area contributed by atoms with Gasteiger partial charge in [-0.3, -0.25) is 4.79 Å². The SMILES string of the molecule is C[C@@]1(O)CC[C@@]2(CO)[C@@H](CC[C@H]3[C@@H]4CC[C@H](C(=O)CN)[C@@]4(C)CC[C@@H]32)C1. The molecule has 4 fully saturated rings. The van der Waals surface area contributed by atoms with Crippen LogP contribution < -0.4 is 5.73 Å². The Morgan fingerprint density at radius 1 is 1.04 bits per heavy atom. The minimum absolute atomic E-state index is 0.00243. The summed E-state index contributed by atoms with van der Waals surface area (Å²) in [4.78, 5) is 12.5. The highest BCUT2D eigenvalue weighted by Gasteiger charge is 2.62. The average Bonchev–Trinajstić information content (AvgIpc) is 2.97. The molecule has 4 rings (SSSR count). The van der Waals surface area contributed by atoms with Crippen LogP contribution in [-0.2, 0) is 4.79 Å². The van der Waals surface area contributed by atoms with E-state index >= 15 is 0 Å². The van der Waals surface area contributed by atoms with Crippen LogP contribution in [0.3, 0.4) is 0 Å². The summed E-state index contributed by atoms with van der Waals surface area (Å²) in [5.41, 5.74) is 5.26. The van der Waals surface area contributed by atoms with Crippen molar-refractivity contribution in [2.45, 2.75) is 77.2 Å². The molecule has 4 nitrogen and oxygen atoms in total. The van der Waals surface area contributed by atoms with Gasteiger partial charge in [0, 0.05) is 12.5 Å². The fourth-order valence-electron chi connectivity index (χ4n) is 8.21. The summed E-state index contributed by atoms with van der Waals surface area (Å²) in [7, 11) is 0. The number of nitrogens with two attached hydrogens (primary N) is 1. The van der Waals surface area contributed by atoms with Crippen molar-refractivity contribution in [3.8, 4) is 0 Å². The van der Waals surface area contributed by atoms with Crippen LogP contribution in [-0.4, -0.2) is 34.7 Å². The van der Waals surface area contributed by atoms with Crippen LogP contribution in [0.4, 0.5) is 0 Å². The zero-order valence-corrected chi connectivity index (χ0v) is 16.5. The van der Waals surface area contributed by atoms with Crippen molar-refractivity contribution in [3.05, 3.63) is 0 Å². The molecule has 0 unspecified atom stereocenters. The average molecular weight is 364 g/mol. The first-order valence-electron chi connectivity index (χ1n) is 10.8. The summed E-state index contributed by atoms with van der Waals surface area (Å²) in [6.07, 6.45) is 9.32. The summed E-state index contributed by atoms with van der Waals surface area (Å²) in [6.45, 7) is 4.77. The number of rotatable bonds is 3. The molecule has 8 atom stereocenters. The molecule has 0 aromatic carbocycles. The van der Waals surface area contributed by atoms with Gasteiger partial charge >= 0.3 is 0 Å². The maximum atomic E-state index is 12.5. The molecule has 0 bridgehead atoms. The van der Waals surface area contributed by atoms with Crippen molar-refractivity contribution >= 4 is 5.78 Å². The van der Waals surface area contributed by atoms with Gasteiger partial charge in [-0.1, -0.05) is 6.92 Å². The quantitative estimate of drug-likeness (QED) is 0.720. The summed E-state index contributed by atoms with van der Waals surface area (Å²) in [5.74, 6) is 2.65. The number of aliphatic hydroxyl groups excluding tert-OH is 1. The molecule has 0 radical (unpaired) electrons. The molecule has 4 saturated carbocycles. The minimum Gasteiger partial charge on any atom is -0.396 e. The van der Waals surface area contributed by atoms with Crippen LogP contribution >= 0.6 is 0 Å². The Bertz CT molecular complexity index is 576. The molecular weight excluding hydrogens is 326 g/mol. The van der Waals surface area contributed by atoms with E-state index in [1.807, 2.05) is 6.92 Å². The van der Waals surface area contributed by atoms with Crippen LogP contribution in [0.15, 0.2) is 0 Å². The third-order valence-electron chi connectivity index (χ3n) is 9.54. The Hall–Kier alpha value is -0.450. The van der Waals surface area contributed by atoms with Gasteiger partial charge in [-0.15, -0.1) is 0 Å². The standard InChI is InChI=1S/C22H37NO3/c1-20(26)9-10-22(13-24)14(11-20)3-4-15-16-5-6-18(19(25)12-23)21(16,2)8-7-17(15)22/h14-18,24,26H,3-13,23H2,1-2H3/t14-,15-,16-,17-,18+,20+,21-,22+/m0/s1. The predicted octanol–water partition coefficient (Wildman–Crippen LogP) is 2.90. The number of carbonyl (C=O) groups excluding carboxylic acids is 1. The van der Waals surface area contributed by atoms with Crippen molar-refractivity contribution in [2.24, 2.45) is 46.2 Å². The zero-order valence-electron chi connectivity index (χ0n) is 16.5. The van der Waals surface area contributed by atoms with Gasteiger partial charge in [-0.2, -0.15) is 0 Å². The molecule has 0 amide bonds. The Kier molecular flexibility index (Phi) is 4.57. The first-order chi connectivity index (χ1) is 12.3. The molecule has 4 aliphatic carbocycles. The molecule has 4 aliphatic rings. The molecule has 0 aromatic rings. The molecule has 26 heavy (non-hydrogen) atoms. The lowest BCUT2D eigenvalue weighted by molar-refractivity contribution is -0.171. The Morgan fingerprint density at radius 2 is 1.81 bits per heavy atom. The van der Waals surface area contributed by atoms with Crippen LogP contribution in [0, 0.1) is 40.4 Å². The summed E-state index contributed by atoms with van der Waals surface area (Å²) in [5, 5.41) is 21.1. The molecule has 4 heteroatoms. The van der Waals surface area contributed by atoms with E-state index in [4.69, 9.17) is 5.73 Å². The van der Waals surface area contributed by atoms with Gasteiger partial charge in [-0.25, -0.2) is 0 Å². The van der Waals surface area contributed by atoms with Gasteiger partial charge in [0.1, 0.15) is 5.78 Å². The smallest absolute Gasteiger partial charge is 0.150 e. The lowest BCUT2D eigenvalue weighted by atomic mass is 9.43. The second-order valence-corrected chi connectivity index (χ2v) is 10.6. The van der Waals surface area contributed by atoms with E-state index in [2.05, 4.69) is 6.92 Å². The van der Waals surface area contributed by atoms with Crippen molar-refractivity contribution in [3.63, 3.8) is 0 Å². The molecule has 0 aromatic heterocycles. The van der Waals surface area contributed by atoms with Crippen LogP contribution in [0.25, 0.3) is 0 Å². The molecule has 0 spiro atoms. The van der Waals surface area contributed by atoms with E-state index in [0.717, 1.165) is 51.4 Å². The number of Topliss-reactive ketones (excluding diaryl/α,β-unsaturated/α-hetero) is 1. The first-order valence-corrected chi connectivity index (χ1v) is 10.8. The van der Waals surface area contributed by atoms with Gasteiger partial charge in [0.2, 0.25) is 0 Å². The highest BCUT2D eigenvalue weighted by atomic mass is 16.3. The molecule has 4 N–H and O–H groups in total. The first kappa shape index (κ1) is 18.9. The van der Waals surface area contributed by atoms with Gasteiger partial charge in [0.25, 0.3) is 0 Å². The van der Waals surface area contributed by atoms with Gasteiger partial charge in [0.05, 0.1) is 12.1 Å². The van der Waals surface area contributed by atoms with Crippen molar-refractivity contribution < 1.29 is 15.0 Å². The Balaban J connectivity index is 1.62. The lowest BCUT2D eigenvalue weighted by Gasteiger charge is -2.62. The number of aliphatic hydroxyl groups is 2. The van der Waals surface area contributed by atoms with Crippen LogP contribution in [0.5, 0.6) is 0 Å². The van der Waals surface area contributed by atoms with E-state index in [-0.39, 0.29) is 35.7 Å². The van der Waals surface area contributed by atoms with E-state index in [1.54, 1.807) is 0 Å². The van der Waals surface area contributed by atoms with E-state index in [1.165, 1.54) is 6.42 Å². The van der Waals surface area contributed by atoms with Crippen molar-refractivity contribution in [2.75, 3.05) is 13.2 Å². The maximum absolute atomic E-state index is 12.5. The summed E-state index contributed by atoms with van der Waals surface area (Å²) in [6, 6.07) is 0. The van der Waals surface area contributed by atoms with E-state index < -0.39 is 5.60 Å². The third kappa shape index (κ3) is 2.55. The summed E-state index contributed by atoms with van der Waals surface area (Å²) >= 11 is 0. The molecular formula is C22H37NO3. The fraction of sp³-hybridized carbons (Fsp3) is 0.955. The van der Waals surface area contributed by atoms with Crippen LogP contribution in [0.1, 0.15) is 71.6 Å². The highest BCUT2D eigenvalue weighted by Crippen LogP contribution is 2.68. The van der Waals surface area contributed by atoms with Gasteiger partial charge in [0.15, 0.2) is 0 Å². The number of ketones is 1. The number of hydrogen-bond acceptors (Lipinski definition) is 4. The molecule has 0 saturated heterocycles. The summed E-state index contributed by atoms with van der Waals surface area (Å²) < 4.78 is 0. The van der Waals surface area contributed by atoms with Gasteiger partial charge in [-0.05, 0) is 99.2 Å². The predicted molar refractivity (Wildman–Crippen MR) is 101 cm³/mol. The van der Waals surface area contributed by atoms with Crippen molar-refractivity contribution in [1.29, 1.82) is 0 Å². The second kappa shape index (κ2) is 6.28. The number of hydrogen-bond donors (Lipinski definition) is 3. The highest BCUT2D eigenvalue weighted by molar-refractivity contribution is 5.84. The Morgan fingerprint density at radius 3 is 2.50 bits per heavy atom. The topological polar surface area (TPSA) is 83.5 Å². The normalized spacial score (nSPS) is 53.5. The molecule has 148 valence electrons. The second-order valence-electron chi connectivity index (χ2n) is 10.6. The van der Waals surface area contributed by atoms with Crippen LogP contribution in [0.2, 0.25) is 0 Å². The minimum atomic E-state index is -0.564. The monoisotopic (exact) mass is 363 g/mol. The lowest BCUT2D eigenvalue weighted by Crippen LogP contribution is -2.58.